The average molecular weight is 208 g/mol. The Bertz CT molecular complexity index is 344. The van der Waals surface area contributed by atoms with Crippen molar-refractivity contribution in [2.75, 3.05) is 0 Å². The number of halogens is 1. The SMILES string of the molecule is Cc1ccc(F)cc1CC(O)C1CCC1. The van der Waals surface area contributed by atoms with Gasteiger partial charge >= 0.3 is 0 Å². The summed E-state index contributed by atoms with van der Waals surface area (Å²) in [6, 6.07) is 4.78. The van der Waals surface area contributed by atoms with Crippen LogP contribution in [0.15, 0.2) is 18.2 Å². The van der Waals surface area contributed by atoms with Gasteiger partial charge in [-0.2, -0.15) is 0 Å². The van der Waals surface area contributed by atoms with Crippen LogP contribution in [-0.4, -0.2) is 11.2 Å². The summed E-state index contributed by atoms with van der Waals surface area (Å²) in [6.45, 7) is 1.96. The zero-order valence-electron chi connectivity index (χ0n) is 9.04. The molecule has 0 heterocycles. The van der Waals surface area contributed by atoms with Gasteiger partial charge in [0.1, 0.15) is 5.82 Å². The van der Waals surface area contributed by atoms with Crippen molar-refractivity contribution in [3.05, 3.63) is 35.1 Å². The minimum absolute atomic E-state index is 0.212. The Kier molecular flexibility index (Phi) is 3.06. The third kappa shape index (κ3) is 2.37. The molecular weight excluding hydrogens is 191 g/mol. The molecule has 1 unspecified atom stereocenters. The van der Waals surface area contributed by atoms with E-state index in [0.29, 0.717) is 12.3 Å². The van der Waals surface area contributed by atoms with E-state index in [2.05, 4.69) is 0 Å². The standard InChI is InChI=1S/C13H17FO/c1-9-5-6-12(14)7-11(9)8-13(15)10-3-2-4-10/h5-7,10,13,15H,2-4,8H2,1H3. The van der Waals surface area contributed by atoms with Crippen LogP contribution in [0.1, 0.15) is 30.4 Å². The van der Waals surface area contributed by atoms with Gasteiger partial charge in [-0.3, -0.25) is 0 Å². The second-order valence-electron chi connectivity index (χ2n) is 4.53. The number of aryl methyl sites for hydroxylation is 1. The first-order valence-electron chi connectivity index (χ1n) is 5.60. The van der Waals surface area contributed by atoms with Crippen LogP contribution in [0.4, 0.5) is 4.39 Å². The van der Waals surface area contributed by atoms with Crippen LogP contribution in [0.25, 0.3) is 0 Å². The van der Waals surface area contributed by atoms with E-state index in [9.17, 15) is 9.50 Å². The number of benzene rings is 1. The molecule has 1 aliphatic carbocycles. The second-order valence-corrected chi connectivity index (χ2v) is 4.53. The molecule has 0 bridgehead atoms. The largest absolute Gasteiger partial charge is 0.392 e. The highest BCUT2D eigenvalue weighted by molar-refractivity contribution is 5.27. The van der Waals surface area contributed by atoms with Gasteiger partial charge in [0.05, 0.1) is 6.10 Å². The molecule has 1 aliphatic rings. The van der Waals surface area contributed by atoms with Gasteiger partial charge in [0.25, 0.3) is 0 Å². The summed E-state index contributed by atoms with van der Waals surface area (Å²) in [6.07, 6.45) is 3.77. The smallest absolute Gasteiger partial charge is 0.123 e. The zero-order valence-corrected chi connectivity index (χ0v) is 9.04. The lowest BCUT2D eigenvalue weighted by Crippen LogP contribution is -2.28. The van der Waals surface area contributed by atoms with Gasteiger partial charge in [-0.05, 0) is 55.4 Å². The molecule has 1 fully saturated rings. The summed E-state index contributed by atoms with van der Waals surface area (Å²) in [5.74, 6) is 0.226. The Morgan fingerprint density at radius 2 is 2.20 bits per heavy atom. The van der Waals surface area contributed by atoms with E-state index in [-0.39, 0.29) is 11.9 Å². The fourth-order valence-corrected chi connectivity index (χ4v) is 2.08. The maximum atomic E-state index is 13.0. The Balaban J connectivity index is 2.05. The Morgan fingerprint density at radius 1 is 1.47 bits per heavy atom. The van der Waals surface area contributed by atoms with Crippen molar-refractivity contribution >= 4 is 0 Å². The molecule has 2 heteroatoms. The monoisotopic (exact) mass is 208 g/mol. The van der Waals surface area contributed by atoms with E-state index in [1.165, 1.54) is 18.6 Å². The second kappa shape index (κ2) is 4.31. The Labute approximate surface area is 89.9 Å². The highest BCUT2D eigenvalue weighted by Crippen LogP contribution is 2.31. The Morgan fingerprint density at radius 3 is 2.80 bits per heavy atom. The summed E-state index contributed by atoms with van der Waals surface area (Å²) in [4.78, 5) is 0. The van der Waals surface area contributed by atoms with Crippen LogP contribution in [0.5, 0.6) is 0 Å². The predicted octanol–water partition coefficient (Wildman–Crippen LogP) is 2.84. The molecule has 0 radical (unpaired) electrons. The molecule has 0 aliphatic heterocycles. The predicted molar refractivity (Wildman–Crippen MR) is 58.2 cm³/mol. The molecule has 2 rings (SSSR count). The van der Waals surface area contributed by atoms with Crippen LogP contribution in [0, 0.1) is 18.7 Å². The van der Waals surface area contributed by atoms with E-state index in [1.54, 1.807) is 6.07 Å². The maximum Gasteiger partial charge on any atom is 0.123 e. The van der Waals surface area contributed by atoms with Crippen LogP contribution < -0.4 is 0 Å². The highest BCUT2D eigenvalue weighted by Gasteiger charge is 2.25. The van der Waals surface area contributed by atoms with Crippen LogP contribution in [0.2, 0.25) is 0 Å². The van der Waals surface area contributed by atoms with Crippen molar-refractivity contribution in [2.24, 2.45) is 5.92 Å². The normalized spacial score (nSPS) is 18.6. The summed E-state index contributed by atoms with van der Waals surface area (Å²) in [5.41, 5.74) is 2.00. The van der Waals surface area contributed by atoms with Gasteiger partial charge in [-0.25, -0.2) is 4.39 Å². The molecule has 1 saturated carbocycles. The van der Waals surface area contributed by atoms with Crippen LogP contribution in [0.3, 0.4) is 0 Å². The van der Waals surface area contributed by atoms with E-state index < -0.39 is 0 Å². The lowest BCUT2D eigenvalue weighted by molar-refractivity contribution is 0.0628. The van der Waals surface area contributed by atoms with Gasteiger partial charge in [0.15, 0.2) is 0 Å². The highest BCUT2D eigenvalue weighted by atomic mass is 19.1. The summed E-state index contributed by atoms with van der Waals surface area (Å²) in [7, 11) is 0. The van der Waals surface area contributed by atoms with Crippen molar-refractivity contribution in [1.29, 1.82) is 0 Å². The zero-order chi connectivity index (χ0) is 10.8. The molecular formula is C13H17FO. The third-order valence-electron chi connectivity index (χ3n) is 3.43. The van der Waals surface area contributed by atoms with E-state index in [1.807, 2.05) is 6.92 Å². The fourth-order valence-electron chi connectivity index (χ4n) is 2.08. The van der Waals surface area contributed by atoms with Crippen LogP contribution >= 0.6 is 0 Å². The van der Waals surface area contributed by atoms with Gasteiger partial charge in [0.2, 0.25) is 0 Å². The molecule has 1 aromatic rings. The van der Waals surface area contributed by atoms with E-state index in [4.69, 9.17) is 0 Å². The number of hydrogen-bond donors (Lipinski definition) is 1. The van der Waals surface area contributed by atoms with Gasteiger partial charge < -0.3 is 5.11 Å². The molecule has 1 aromatic carbocycles. The Hall–Kier alpha value is -0.890. The van der Waals surface area contributed by atoms with Gasteiger partial charge in [0, 0.05) is 0 Å². The first-order valence-corrected chi connectivity index (χ1v) is 5.60. The maximum absolute atomic E-state index is 13.0. The molecule has 0 amide bonds. The van der Waals surface area contributed by atoms with Crippen molar-refractivity contribution in [3.8, 4) is 0 Å². The molecule has 0 spiro atoms. The molecule has 15 heavy (non-hydrogen) atoms. The summed E-state index contributed by atoms with van der Waals surface area (Å²) < 4.78 is 13.0. The molecule has 1 atom stereocenters. The van der Waals surface area contributed by atoms with Crippen molar-refractivity contribution in [1.82, 2.24) is 0 Å². The molecule has 1 nitrogen and oxygen atoms in total. The van der Waals surface area contributed by atoms with Gasteiger partial charge in [-0.1, -0.05) is 12.5 Å². The minimum Gasteiger partial charge on any atom is -0.392 e. The number of aliphatic hydroxyl groups is 1. The fraction of sp³-hybridized carbons (Fsp3) is 0.538. The number of aliphatic hydroxyl groups excluding tert-OH is 1. The lowest BCUT2D eigenvalue weighted by Gasteiger charge is -2.30. The van der Waals surface area contributed by atoms with E-state index >= 15 is 0 Å². The molecule has 0 aromatic heterocycles. The number of hydrogen-bond acceptors (Lipinski definition) is 1. The summed E-state index contributed by atoms with van der Waals surface area (Å²) >= 11 is 0. The third-order valence-corrected chi connectivity index (χ3v) is 3.43. The minimum atomic E-state index is -0.292. The quantitative estimate of drug-likeness (QED) is 0.809. The van der Waals surface area contributed by atoms with Crippen molar-refractivity contribution < 1.29 is 9.50 Å². The average Bonchev–Trinajstić information content (AvgIpc) is 2.08. The first kappa shape index (κ1) is 10.6. The lowest BCUT2D eigenvalue weighted by atomic mass is 9.79. The molecule has 1 N–H and O–H groups in total. The number of rotatable bonds is 3. The van der Waals surface area contributed by atoms with Crippen molar-refractivity contribution in [3.63, 3.8) is 0 Å². The van der Waals surface area contributed by atoms with Crippen LogP contribution in [-0.2, 0) is 6.42 Å². The topological polar surface area (TPSA) is 20.2 Å². The molecule has 0 saturated heterocycles. The molecule has 82 valence electrons. The van der Waals surface area contributed by atoms with Crippen molar-refractivity contribution in [2.45, 2.75) is 38.7 Å². The van der Waals surface area contributed by atoms with Gasteiger partial charge in [-0.15, -0.1) is 0 Å². The first-order chi connectivity index (χ1) is 7.16. The summed E-state index contributed by atoms with van der Waals surface area (Å²) in [5, 5.41) is 9.92. The van der Waals surface area contributed by atoms with E-state index in [0.717, 1.165) is 24.0 Å².